The average molecular weight is 262 g/mol. The highest BCUT2D eigenvalue weighted by Crippen LogP contribution is 2.36. The topological polar surface area (TPSA) is 53.9 Å². The molecule has 2 amide bonds. The lowest BCUT2D eigenvalue weighted by Crippen LogP contribution is -2.40. The van der Waals surface area contributed by atoms with E-state index in [1.807, 2.05) is 30.3 Å². The van der Waals surface area contributed by atoms with Crippen LogP contribution in [-0.2, 0) is 9.57 Å². The lowest BCUT2D eigenvalue weighted by Gasteiger charge is -2.33. The minimum atomic E-state index is -0.227. The molecule has 1 aliphatic heterocycles. The average Bonchev–Trinajstić information content (AvgIpc) is 3.18. The Morgan fingerprint density at radius 1 is 1.42 bits per heavy atom. The molecule has 2 fully saturated rings. The predicted molar refractivity (Wildman–Crippen MR) is 69.0 cm³/mol. The second kappa shape index (κ2) is 5.19. The van der Waals surface area contributed by atoms with Gasteiger partial charge in [0.25, 0.3) is 0 Å². The smallest absolute Gasteiger partial charge is 0.344 e. The molecule has 1 saturated carbocycles. The second-order valence-corrected chi connectivity index (χ2v) is 5.08. The van der Waals surface area contributed by atoms with Crippen molar-refractivity contribution in [3.05, 3.63) is 35.9 Å². The summed E-state index contributed by atoms with van der Waals surface area (Å²) in [7, 11) is 1.73. The quantitative estimate of drug-likeness (QED) is 0.845. The van der Waals surface area contributed by atoms with Crippen molar-refractivity contribution < 1.29 is 14.4 Å². The molecule has 0 spiro atoms. The van der Waals surface area contributed by atoms with Gasteiger partial charge < -0.3 is 10.1 Å². The minimum absolute atomic E-state index is 0.158. The van der Waals surface area contributed by atoms with Crippen molar-refractivity contribution in [1.29, 1.82) is 0 Å². The summed E-state index contributed by atoms with van der Waals surface area (Å²) in [5, 5.41) is 4.27. The Balaban J connectivity index is 1.41. The molecule has 102 valence electrons. The first-order valence-electron chi connectivity index (χ1n) is 6.59. The molecule has 0 aromatic heterocycles. The Labute approximate surface area is 112 Å². The Bertz CT molecular complexity index is 445. The van der Waals surface area contributed by atoms with Gasteiger partial charge in [-0.1, -0.05) is 30.3 Å². The van der Waals surface area contributed by atoms with Gasteiger partial charge in [-0.25, -0.2) is 9.63 Å². The van der Waals surface area contributed by atoms with Crippen LogP contribution in [0.25, 0.3) is 0 Å². The molecule has 1 saturated heterocycles. The molecular formula is C14H18N2O3. The lowest BCUT2D eigenvalue weighted by atomic mass is 9.82. The second-order valence-electron chi connectivity index (χ2n) is 5.08. The van der Waals surface area contributed by atoms with Gasteiger partial charge in [0, 0.05) is 19.2 Å². The number of nitrogens with zero attached hydrogens (tertiary/aromatic N) is 1. The van der Waals surface area contributed by atoms with E-state index < -0.39 is 0 Å². The van der Waals surface area contributed by atoms with Crippen LogP contribution in [0, 0.1) is 5.92 Å². The van der Waals surface area contributed by atoms with Crippen LogP contribution in [0.1, 0.15) is 24.6 Å². The van der Waals surface area contributed by atoms with Gasteiger partial charge in [-0.05, 0) is 18.8 Å². The predicted octanol–water partition coefficient (Wildman–Crippen LogP) is 2.07. The van der Waals surface area contributed by atoms with E-state index >= 15 is 0 Å². The Morgan fingerprint density at radius 2 is 2.16 bits per heavy atom. The van der Waals surface area contributed by atoms with E-state index in [9.17, 15) is 4.79 Å². The van der Waals surface area contributed by atoms with E-state index in [4.69, 9.17) is 9.57 Å². The third-order valence-electron chi connectivity index (χ3n) is 3.73. The maximum Gasteiger partial charge on any atom is 0.344 e. The third-order valence-corrected chi connectivity index (χ3v) is 3.73. The number of nitrogens with one attached hydrogen (secondary N) is 1. The van der Waals surface area contributed by atoms with Crippen LogP contribution >= 0.6 is 0 Å². The van der Waals surface area contributed by atoms with Crippen LogP contribution in [0.5, 0.6) is 0 Å². The number of benzene rings is 1. The van der Waals surface area contributed by atoms with Gasteiger partial charge in [0.15, 0.2) is 0 Å². The van der Waals surface area contributed by atoms with Crippen LogP contribution in [0.15, 0.2) is 30.3 Å². The highest BCUT2D eigenvalue weighted by atomic mass is 16.8. The molecule has 1 atom stereocenters. The zero-order valence-electron chi connectivity index (χ0n) is 10.9. The monoisotopic (exact) mass is 262 g/mol. The van der Waals surface area contributed by atoms with E-state index in [0.29, 0.717) is 18.6 Å². The number of carbonyl (C=O) groups excluding carboxylic acids is 1. The molecule has 5 heteroatoms. The maximum absolute atomic E-state index is 11.8. The molecule has 2 aliphatic rings. The summed E-state index contributed by atoms with van der Waals surface area (Å²) in [5.41, 5.74) is 1.00. The van der Waals surface area contributed by atoms with E-state index in [1.54, 1.807) is 7.11 Å². The third kappa shape index (κ3) is 2.72. The van der Waals surface area contributed by atoms with Crippen molar-refractivity contribution in [2.45, 2.75) is 25.2 Å². The standard InChI is InChI=1S/C14H18N2O3/c1-18-12-7-10(8-12)9-15-14(17)16-13(19-16)11-5-3-2-4-6-11/h2-6,10,12-13H,7-9H2,1H3,(H,15,17). The van der Waals surface area contributed by atoms with E-state index in [-0.39, 0.29) is 12.3 Å². The van der Waals surface area contributed by atoms with Gasteiger partial charge in [0.05, 0.1) is 6.10 Å². The van der Waals surface area contributed by atoms with Crippen molar-refractivity contribution >= 4 is 6.03 Å². The molecule has 19 heavy (non-hydrogen) atoms. The van der Waals surface area contributed by atoms with Crippen molar-refractivity contribution in [3.8, 4) is 0 Å². The molecule has 1 aliphatic carbocycles. The normalized spacial score (nSPS) is 28.7. The fourth-order valence-electron chi connectivity index (χ4n) is 2.39. The molecule has 0 radical (unpaired) electrons. The number of methoxy groups -OCH3 is 1. The SMILES string of the molecule is COC1CC(CNC(=O)N2OC2c2ccccc2)C1. The van der Waals surface area contributed by atoms with Crippen molar-refractivity contribution in [3.63, 3.8) is 0 Å². The highest BCUT2D eigenvalue weighted by molar-refractivity contribution is 5.74. The highest BCUT2D eigenvalue weighted by Gasteiger charge is 2.43. The summed E-state index contributed by atoms with van der Waals surface area (Å²) < 4.78 is 5.21. The van der Waals surface area contributed by atoms with Crippen LogP contribution in [0.2, 0.25) is 0 Å². The summed E-state index contributed by atoms with van der Waals surface area (Å²) in [6.45, 7) is 0.695. The molecule has 0 bridgehead atoms. The Hall–Kier alpha value is -1.59. The number of ether oxygens (including phenoxy) is 1. The number of hydrogen-bond acceptors (Lipinski definition) is 3. The molecule has 5 nitrogen and oxygen atoms in total. The summed E-state index contributed by atoms with van der Waals surface area (Å²) in [6.07, 6.45) is 2.20. The van der Waals surface area contributed by atoms with Crippen LogP contribution < -0.4 is 5.32 Å². The number of rotatable bonds is 4. The number of hydroxylamine groups is 2. The fraction of sp³-hybridized carbons (Fsp3) is 0.500. The molecular weight excluding hydrogens is 244 g/mol. The van der Waals surface area contributed by atoms with Gasteiger partial charge in [-0.15, -0.1) is 0 Å². The number of urea groups is 1. The lowest BCUT2D eigenvalue weighted by molar-refractivity contribution is 0.00204. The van der Waals surface area contributed by atoms with Crippen LogP contribution in [-0.4, -0.2) is 30.9 Å². The van der Waals surface area contributed by atoms with E-state index in [1.165, 1.54) is 5.06 Å². The molecule has 1 unspecified atom stereocenters. The molecule has 3 rings (SSSR count). The summed E-state index contributed by atoms with van der Waals surface area (Å²) >= 11 is 0. The van der Waals surface area contributed by atoms with Crippen LogP contribution in [0.4, 0.5) is 4.79 Å². The van der Waals surface area contributed by atoms with Gasteiger partial charge in [0.2, 0.25) is 6.23 Å². The zero-order chi connectivity index (χ0) is 13.2. The summed E-state index contributed by atoms with van der Waals surface area (Å²) in [6, 6.07) is 9.56. The summed E-state index contributed by atoms with van der Waals surface area (Å²) in [5.74, 6) is 0.532. The maximum atomic E-state index is 11.8. The van der Waals surface area contributed by atoms with Crippen molar-refractivity contribution in [1.82, 2.24) is 10.4 Å². The largest absolute Gasteiger partial charge is 0.381 e. The Morgan fingerprint density at radius 3 is 2.84 bits per heavy atom. The van der Waals surface area contributed by atoms with Crippen molar-refractivity contribution in [2.24, 2.45) is 5.92 Å². The van der Waals surface area contributed by atoms with Gasteiger partial charge in [-0.2, -0.15) is 5.06 Å². The minimum Gasteiger partial charge on any atom is -0.381 e. The Kier molecular flexibility index (Phi) is 3.40. The van der Waals surface area contributed by atoms with Crippen molar-refractivity contribution in [2.75, 3.05) is 13.7 Å². The van der Waals surface area contributed by atoms with Gasteiger partial charge in [-0.3, -0.25) is 0 Å². The number of hydrogen-bond donors (Lipinski definition) is 1. The number of carbonyl (C=O) groups is 1. The first-order valence-corrected chi connectivity index (χ1v) is 6.59. The van der Waals surface area contributed by atoms with Crippen LogP contribution in [0.3, 0.4) is 0 Å². The molecule has 1 heterocycles. The summed E-state index contributed by atoms with van der Waals surface area (Å²) in [4.78, 5) is 17.1. The van der Waals surface area contributed by atoms with Gasteiger partial charge in [0.1, 0.15) is 0 Å². The first kappa shape index (κ1) is 12.4. The molecule has 1 aromatic carbocycles. The first-order chi connectivity index (χ1) is 9.28. The van der Waals surface area contributed by atoms with Gasteiger partial charge >= 0.3 is 6.03 Å². The van der Waals surface area contributed by atoms with E-state index in [2.05, 4.69) is 5.32 Å². The molecule has 1 aromatic rings. The molecule has 1 N–H and O–H groups in total. The zero-order valence-corrected chi connectivity index (χ0v) is 10.9. The number of amides is 2. The van der Waals surface area contributed by atoms with E-state index in [0.717, 1.165) is 18.4 Å². The fourth-order valence-corrected chi connectivity index (χ4v) is 2.39.